The summed E-state index contributed by atoms with van der Waals surface area (Å²) in [5, 5.41) is 0.536. The van der Waals surface area contributed by atoms with Crippen LogP contribution >= 0.6 is 51.2 Å². The molecule has 0 atom stereocenters. The molecule has 0 saturated heterocycles. The van der Waals surface area contributed by atoms with Crippen LogP contribution in [-0.4, -0.2) is 25.7 Å². The Hall–Kier alpha value is -1.29. The molecule has 1 aromatic carbocycles. The minimum absolute atomic E-state index is 0.00634. The number of thioether (sulfide) groups is 1. The molecule has 0 bridgehead atoms. The van der Waals surface area contributed by atoms with Crippen molar-refractivity contribution in [2.45, 2.75) is 18.6 Å². The Morgan fingerprint density at radius 3 is 2.68 bits per heavy atom. The van der Waals surface area contributed by atoms with Gasteiger partial charge in [-0.1, -0.05) is 51.2 Å². The topological polar surface area (TPSA) is 56.9 Å². The first kappa shape index (κ1) is 18.5. The second-order valence-electron chi connectivity index (χ2n) is 5.24. The van der Waals surface area contributed by atoms with Crippen molar-refractivity contribution < 1.29 is 4.79 Å². The van der Waals surface area contributed by atoms with Crippen LogP contribution < -0.4 is 5.56 Å². The van der Waals surface area contributed by atoms with Crippen LogP contribution in [0.5, 0.6) is 0 Å². The van der Waals surface area contributed by atoms with Crippen molar-refractivity contribution in [1.82, 2.24) is 14.1 Å². The predicted molar refractivity (Wildman–Crippen MR) is 109 cm³/mol. The lowest BCUT2D eigenvalue weighted by molar-refractivity contribution is 0.102. The van der Waals surface area contributed by atoms with E-state index in [4.69, 9.17) is 12.2 Å². The number of rotatable bonds is 5. The summed E-state index contributed by atoms with van der Waals surface area (Å²) in [6, 6.07) is 7.22. The maximum absolute atomic E-state index is 12.7. The molecule has 0 N–H and O–H groups in total. The number of aromatic nitrogens is 3. The molecule has 0 aliphatic carbocycles. The fourth-order valence-corrected chi connectivity index (χ4v) is 4.72. The molecule has 5 nitrogen and oxygen atoms in total. The number of halogens is 1. The van der Waals surface area contributed by atoms with Gasteiger partial charge in [-0.15, -0.1) is 0 Å². The van der Waals surface area contributed by atoms with Crippen LogP contribution in [0, 0.1) is 3.95 Å². The normalized spacial score (nSPS) is 11.2. The number of Topliss-reactive ketones (excluding diaryl/α,β-unsaturated/α-hetero) is 1. The van der Waals surface area contributed by atoms with Gasteiger partial charge in [0.2, 0.25) is 0 Å². The zero-order valence-corrected chi connectivity index (χ0v) is 17.5. The van der Waals surface area contributed by atoms with Gasteiger partial charge in [-0.3, -0.25) is 14.2 Å². The zero-order valence-electron chi connectivity index (χ0n) is 13.5. The minimum atomic E-state index is -0.109. The van der Waals surface area contributed by atoms with Gasteiger partial charge in [-0.2, -0.15) is 0 Å². The predicted octanol–water partition coefficient (Wildman–Crippen LogP) is 4.28. The van der Waals surface area contributed by atoms with E-state index in [2.05, 4.69) is 20.9 Å². The molecular weight excluding hydrogens is 442 g/mol. The second kappa shape index (κ2) is 7.53. The molecular formula is C16H14BrN3O2S3. The van der Waals surface area contributed by atoms with E-state index in [0.29, 0.717) is 31.6 Å². The van der Waals surface area contributed by atoms with E-state index in [1.807, 2.05) is 19.1 Å². The first-order chi connectivity index (χ1) is 11.9. The van der Waals surface area contributed by atoms with E-state index in [1.165, 1.54) is 23.1 Å². The van der Waals surface area contributed by atoms with Crippen molar-refractivity contribution >= 4 is 67.4 Å². The highest BCUT2D eigenvalue weighted by atomic mass is 79.9. The van der Waals surface area contributed by atoms with Crippen molar-refractivity contribution in [2.75, 3.05) is 5.75 Å². The number of hydrogen-bond acceptors (Lipinski definition) is 6. The average molecular weight is 456 g/mol. The number of thiazole rings is 1. The third-order valence-corrected chi connectivity index (χ3v) is 6.71. The van der Waals surface area contributed by atoms with Crippen LogP contribution in [0.15, 0.2) is 38.7 Å². The molecule has 0 saturated carbocycles. The summed E-state index contributed by atoms with van der Waals surface area (Å²) in [6.45, 7) is 2.38. The summed E-state index contributed by atoms with van der Waals surface area (Å²) in [5.74, 6) is 0.210. The first-order valence-electron chi connectivity index (χ1n) is 7.44. The van der Waals surface area contributed by atoms with Crippen LogP contribution in [0.2, 0.25) is 0 Å². The molecule has 2 aromatic heterocycles. The number of aryl methyl sites for hydroxylation is 1. The van der Waals surface area contributed by atoms with Gasteiger partial charge in [-0.25, -0.2) is 4.98 Å². The summed E-state index contributed by atoms with van der Waals surface area (Å²) in [6.07, 6.45) is 0. The number of carbonyl (C=O) groups is 1. The van der Waals surface area contributed by atoms with E-state index in [9.17, 15) is 9.59 Å². The van der Waals surface area contributed by atoms with Gasteiger partial charge >= 0.3 is 0 Å². The molecule has 2 heterocycles. The minimum Gasteiger partial charge on any atom is -0.311 e. The molecule has 9 heteroatoms. The summed E-state index contributed by atoms with van der Waals surface area (Å²) < 4.78 is 5.41. The summed E-state index contributed by atoms with van der Waals surface area (Å²) in [5.41, 5.74) is 1.10. The molecule has 0 amide bonds. The number of hydrogen-bond donors (Lipinski definition) is 0. The first-order valence-corrected chi connectivity index (χ1v) is 10.4. The standard InChI is InChI=1S/C16H14BrN3O2S3/c1-3-20-14(22)12-13(19(2)16(23)25-12)18-15(20)24-8-11(21)9-4-6-10(17)7-5-9/h4-7H,3,8H2,1-2H3. The van der Waals surface area contributed by atoms with E-state index in [0.717, 1.165) is 4.47 Å². The summed E-state index contributed by atoms with van der Waals surface area (Å²) >= 11 is 11.1. The van der Waals surface area contributed by atoms with Gasteiger partial charge in [0.25, 0.3) is 5.56 Å². The Labute approximate surface area is 165 Å². The maximum atomic E-state index is 12.7. The molecule has 130 valence electrons. The van der Waals surface area contributed by atoms with Gasteiger partial charge in [0.15, 0.2) is 20.5 Å². The molecule has 0 aliphatic heterocycles. The fourth-order valence-electron chi connectivity index (χ4n) is 2.30. The van der Waals surface area contributed by atoms with Gasteiger partial charge in [0.05, 0.1) is 5.75 Å². The van der Waals surface area contributed by atoms with Crippen molar-refractivity contribution in [2.24, 2.45) is 7.05 Å². The lowest BCUT2D eigenvalue weighted by Gasteiger charge is -2.09. The molecule has 0 radical (unpaired) electrons. The highest BCUT2D eigenvalue weighted by Gasteiger charge is 2.16. The molecule has 25 heavy (non-hydrogen) atoms. The van der Waals surface area contributed by atoms with Crippen molar-refractivity contribution in [1.29, 1.82) is 0 Å². The number of fused-ring (bicyclic) bond motifs is 1. The number of ketones is 1. The van der Waals surface area contributed by atoms with Gasteiger partial charge < -0.3 is 4.57 Å². The van der Waals surface area contributed by atoms with Crippen LogP contribution in [0.3, 0.4) is 0 Å². The molecule has 0 spiro atoms. The Balaban J connectivity index is 1.94. The van der Waals surface area contributed by atoms with Crippen LogP contribution in [0.25, 0.3) is 10.3 Å². The fraction of sp³-hybridized carbons (Fsp3) is 0.250. The Morgan fingerprint density at radius 2 is 2.04 bits per heavy atom. The second-order valence-corrected chi connectivity index (χ2v) is 8.74. The molecule has 0 unspecified atom stereocenters. The third kappa shape index (κ3) is 3.64. The van der Waals surface area contributed by atoms with Crippen molar-refractivity contribution in [3.8, 4) is 0 Å². The lowest BCUT2D eigenvalue weighted by Crippen LogP contribution is -2.22. The highest BCUT2D eigenvalue weighted by Crippen LogP contribution is 2.23. The van der Waals surface area contributed by atoms with Crippen LogP contribution in [-0.2, 0) is 13.6 Å². The van der Waals surface area contributed by atoms with Crippen molar-refractivity contribution in [3.63, 3.8) is 0 Å². The SMILES string of the molecule is CCn1c(SCC(=O)c2ccc(Br)cc2)nc2c(sc(=S)n2C)c1=O. The van der Waals surface area contributed by atoms with Crippen LogP contribution in [0.4, 0.5) is 0 Å². The van der Waals surface area contributed by atoms with Gasteiger partial charge in [0.1, 0.15) is 4.70 Å². The van der Waals surface area contributed by atoms with Crippen LogP contribution in [0.1, 0.15) is 17.3 Å². The maximum Gasteiger partial charge on any atom is 0.273 e. The van der Waals surface area contributed by atoms with E-state index < -0.39 is 0 Å². The van der Waals surface area contributed by atoms with E-state index >= 15 is 0 Å². The quantitative estimate of drug-likeness (QED) is 0.248. The molecule has 0 fully saturated rings. The van der Waals surface area contributed by atoms with Gasteiger partial charge in [-0.05, 0) is 31.3 Å². The third-order valence-electron chi connectivity index (χ3n) is 3.67. The van der Waals surface area contributed by atoms with Crippen molar-refractivity contribution in [3.05, 3.63) is 48.6 Å². The molecule has 3 rings (SSSR count). The molecule has 3 aromatic rings. The number of nitrogens with zero attached hydrogens (tertiary/aromatic N) is 3. The lowest BCUT2D eigenvalue weighted by atomic mass is 10.2. The van der Waals surface area contributed by atoms with E-state index in [1.54, 1.807) is 28.3 Å². The summed E-state index contributed by atoms with van der Waals surface area (Å²) in [7, 11) is 1.80. The monoisotopic (exact) mass is 455 g/mol. The Morgan fingerprint density at radius 1 is 1.36 bits per heavy atom. The highest BCUT2D eigenvalue weighted by molar-refractivity contribution is 9.10. The largest absolute Gasteiger partial charge is 0.311 e. The summed E-state index contributed by atoms with van der Waals surface area (Å²) in [4.78, 5) is 29.6. The zero-order chi connectivity index (χ0) is 18.1. The smallest absolute Gasteiger partial charge is 0.273 e. The Kier molecular flexibility index (Phi) is 5.57. The number of benzene rings is 1. The van der Waals surface area contributed by atoms with Gasteiger partial charge in [0, 0.05) is 23.6 Å². The molecule has 0 aliphatic rings. The van der Waals surface area contributed by atoms with E-state index in [-0.39, 0.29) is 17.1 Å². The Bertz CT molecular complexity index is 1070. The average Bonchev–Trinajstić information content (AvgIpc) is 2.89. The number of carbonyl (C=O) groups excluding carboxylic acids is 1.